The first-order valence-corrected chi connectivity index (χ1v) is 8.82. The number of benzene rings is 2. The maximum atomic E-state index is 12.5. The molecular formula is C20H18N2O3S. The molecule has 0 saturated carbocycles. The van der Waals surface area contributed by atoms with E-state index in [1.807, 2.05) is 29.6 Å². The lowest BCUT2D eigenvalue weighted by Crippen LogP contribution is -2.12. The smallest absolute Gasteiger partial charge is 0.255 e. The number of carbonyl (C=O) groups excluding carboxylic acids is 1. The van der Waals surface area contributed by atoms with E-state index in [1.54, 1.807) is 41.8 Å². The summed E-state index contributed by atoms with van der Waals surface area (Å²) in [5.74, 6) is 0.843. The van der Waals surface area contributed by atoms with Crippen LogP contribution in [-0.4, -0.2) is 24.6 Å². The Hall–Kier alpha value is -3.12. The molecule has 0 atom stereocenters. The van der Waals surface area contributed by atoms with Gasteiger partial charge in [-0.3, -0.25) is 4.79 Å². The van der Waals surface area contributed by atoms with E-state index in [2.05, 4.69) is 16.9 Å². The molecule has 0 radical (unpaired) electrons. The summed E-state index contributed by atoms with van der Waals surface area (Å²) in [4.78, 5) is 16.8. The lowest BCUT2D eigenvalue weighted by atomic mass is 10.1. The number of methoxy groups -OCH3 is 1. The van der Waals surface area contributed by atoms with Gasteiger partial charge in [-0.1, -0.05) is 12.7 Å². The number of hydrogen-bond donors (Lipinski definition) is 1. The molecule has 0 unspecified atom stereocenters. The Bertz CT molecular complexity index is 890. The van der Waals surface area contributed by atoms with Gasteiger partial charge in [0.15, 0.2) is 11.5 Å². The van der Waals surface area contributed by atoms with Crippen LogP contribution >= 0.6 is 11.3 Å². The number of anilines is 1. The minimum Gasteiger partial charge on any atom is -0.493 e. The molecule has 3 aromatic rings. The molecule has 2 aromatic carbocycles. The Balaban J connectivity index is 1.72. The van der Waals surface area contributed by atoms with Gasteiger partial charge in [-0.2, -0.15) is 0 Å². The number of rotatable bonds is 7. The van der Waals surface area contributed by atoms with Crippen LogP contribution < -0.4 is 14.8 Å². The average Bonchev–Trinajstić information content (AvgIpc) is 3.21. The van der Waals surface area contributed by atoms with Crippen LogP contribution in [-0.2, 0) is 0 Å². The van der Waals surface area contributed by atoms with E-state index in [0.717, 1.165) is 10.6 Å². The van der Waals surface area contributed by atoms with E-state index < -0.39 is 0 Å². The molecular weight excluding hydrogens is 348 g/mol. The zero-order chi connectivity index (χ0) is 18.4. The third-order valence-corrected chi connectivity index (χ3v) is 4.43. The van der Waals surface area contributed by atoms with Crippen LogP contribution in [0.2, 0.25) is 0 Å². The van der Waals surface area contributed by atoms with Gasteiger partial charge in [0.1, 0.15) is 11.6 Å². The van der Waals surface area contributed by atoms with Crippen molar-refractivity contribution >= 4 is 22.9 Å². The molecule has 1 amide bonds. The molecule has 6 heteroatoms. The second-order valence-corrected chi connectivity index (χ2v) is 6.23. The molecule has 26 heavy (non-hydrogen) atoms. The number of amides is 1. The first-order valence-electron chi connectivity index (χ1n) is 7.94. The third-order valence-electron chi connectivity index (χ3n) is 3.60. The van der Waals surface area contributed by atoms with Crippen molar-refractivity contribution in [2.45, 2.75) is 0 Å². The topological polar surface area (TPSA) is 60.5 Å². The largest absolute Gasteiger partial charge is 0.493 e. The number of carbonyl (C=O) groups is 1. The zero-order valence-electron chi connectivity index (χ0n) is 14.3. The molecule has 1 aromatic heterocycles. The van der Waals surface area contributed by atoms with Crippen molar-refractivity contribution in [1.82, 2.24) is 4.98 Å². The second-order valence-electron chi connectivity index (χ2n) is 5.33. The summed E-state index contributed by atoms with van der Waals surface area (Å²) >= 11 is 1.57. The highest BCUT2D eigenvalue weighted by atomic mass is 32.1. The zero-order valence-corrected chi connectivity index (χ0v) is 15.1. The quantitative estimate of drug-likeness (QED) is 0.619. The van der Waals surface area contributed by atoms with Crippen LogP contribution in [0.1, 0.15) is 10.4 Å². The first kappa shape index (κ1) is 17.7. The highest BCUT2D eigenvalue weighted by Crippen LogP contribution is 2.29. The molecule has 1 N–H and O–H groups in total. The molecule has 5 nitrogen and oxygen atoms in total. The van der Waals surface area contributed by atoms with Crippen molar-refractivity contribution < 1.29 is 14.3 Å². The number of nitrogens with zero attached hydrogens (tertiary/aromatic N) is 1. The van der Waals surface area contributed by atoms with Gasteiger partial charge in [-0.05, 0) is 42.5 Å². The van der Waals surface area contributed by atoms with E-state index in [9.17, 15) is 4.79 Å². The summed E-state index contributed by atoms with van der Waals surface area (Å²) in [7, 11) is 1.54. The molecule has 0 aliphatic heterocycles. The standard InChI is InChI=1S/C20H18N2O3S/c1-3-11-25-17-9-6-15(13-18(17)24-2)19(23)22-16-7-4-14(5-8-16)20-21-10-12-26-20/h3-10,12-13H,1,11H2,2H3,(H,22,23). The number of aromatic nitrogens is 1. The molecule has 0 bridgehead atoms. The molecule has 0 spiro atoms. The number of hydrogen-bond acceptors (Lipinski definition) is 5. The fourth-order valence-corrected chi connectivity index (χ4v) is 2.99. The molecule has 1 heterocycles. The fraction of sp³-hybridized carbons (Fsp3) is 0.100. The maximum absolute atomic E-state index is 12.5. The highest BCUT2D eigenvalue weighted by molar-refractivity contribution is 7.13. The minimum absolute atomic E-state index is 0.222. The van der Waals surface area contributed by atoms with Crippen molar-refractivity contribution in [3.05, 3.63) is 72.3 Å². The second kappa shape index (κ2) is 8.31. The highest BCUT2D eigenvalue weighted by Gasteiger charge is 2.11. The van der Waals surface area contributed by atoms with Gasteiger partial charge in [-0.25, -0.2) is 4.98 Å². The molecule has 0 aliphatic carbocycles. The summed E-state index contributed by atoms with van der Waals surface area (Å²) in [6.07, 6.45) is 3.42. The SMILES string of the molecule is C=CCOc1ccc(C(=O)Nc2ccc(-c3nccs3)cc2)cc1OC. The van der Waals surface area contributed by atoms with E-state index in [-0.39, 0.29) is 5.91 Å². The Morgan fingerprint density at radius 1 is 1.23 bits per heavy atom. The van der Waals surface area contributed by atoms with Crippen LogP contribution in [0.4, 0.5) is 5.69 Å². The van der Waals surface area contributed by atoms with E-state index in [1.165, 1.54) is 7.11 Å². The summed E-state index contributed by atoms with van der Waals surface area (Å²) in [5.41, 5.74) is 2.21. The lowest BCUT2D eigenvalue weighted by Gasteiger charge is -2.11. The Morgan fingerprint density at radius 3 is 2.69 bits per heavy atom. The van der Waals surface area contributed by atoms with Gasteiger partial charge in [-0.15, -0.1) is 11.3 Å². The predicted molar refractivity (Wildman–Crippen MR) is 104 cm³/mol. The van der Waals surface area contributed by atoms with Crippen molar-refractivity contribution in [1.29, 1.82) is 0 Å². The van der Waals surface area contributed by atoms with Crippen molar-refractivity contribution in [3.8, 4) is 22.1 Å². The summed E-state index contributed by atoms with van der Waals surface area (Å²) in [6, 6.07) is 12.6. The Kier molecular flexibility index (Phi) is 5.66. The predicted octanol–water partition coefficient (Wildman–Crippen LogP) is 4.64. The van der Waals surface area contributed by atoms with Crippen molar-refractivity contribution in [3.63, 3.8) is 0 Å². The van der Waals surface area contributed by atoms with Crippen molar-refractivity contribution in [2.24, 2.45) is 0 Å². The van der Waals surface area contributed by atoms with Gasteiger partial charge >= 0.3 is 0 Å². The van der Waals surface area contributed by atoms with Crippen LogP contribution in [0.3, 0.4) is 0 Å². The molecule has 0 saturated heterocycles. The van der Waals surface area contributed by atoms with Crippen LogP contribution in [0.5, 0.6) is 11.5 Å². The Morgan fingerprint density at radius 2 is 2.04 bits per heavy atom. The lowest BCUT2D eigenvalue weighted by molar-refractivity contribution is 0.102. The maximum Gasteiger partial charge on any atom is 0.255 e. The molecule has 0 fully saturated rings. The van der Waals surface area contributed by atoms with Gasteiger partial charge in [0.05, 0.1) is 7.11 Å². The van der Waals surface area contributed by atoms with Crippen molar-refractivity contribution in [2.75, 3.05) is 19.0 Å². The summed E-state index contributed by atoms with van der Waals surface area (Å²) in [6.45, 7) is 3.98. The Labute approximate surface area is 155 Å². The van der Waals surface area contributed by atoms with Crippen LogP contribution in [0.25, 0.3) is 10.6 Å². The number of thiazole rings is 1. The minimum atomic E-state index is -0.222. The third kappa shape index (κ3) is 4.10. The van der Waals surface area contributed by atoms with E-state index >= 15 is 0 Å². The van der Waals surface area contributed by atoms with Crippen LogP contribution in [0.15, 0.2) is 66.7 Å². The summed E-state index contributed by atoms with van der Waals surface area (Å²) in [5, 5.41) is 5.75. The average molecular weight is 366 g/mol. The normalized spacial score (nSPS) is 10.2. The number of ether oxygens (including phenoxy) is 2. The molecule has 0 aliphatic rings. The van der Waals surface area contributed by atoms with Gasteiger partial charge in [0.2, 0.25) is 0 Å². The number of nitrogens with one attached hydrogen (secondary N) is 1. The first-order chi connectivity index (χ1) is 12.7. The fourth-order valence-electron chi connectivity index (χ4n) is 2.34. The van der Waals surface area contributed by atoms with E-state index in [4.69, 9.17) is 9.47 Å². The van der Waals surface area contributed by atoms with Gasteiger partial charge < -0.3 is 14.8 Å². The van der Waals surface area contributed by atoms with Gasteiger partial charge in [0.25, 0.3) is 5.91 Å². The van der Waals surface area contributed by atoms with Gasteiger partial charge in [0, 0.05) is 28.4 Å². The molecule has 132 valence electrons. The van der Waals surface area contributed by atoms with E-state index in [0.29, 0.717) is 29.4 Å². The molecule has 3 rings (SSSR count). The monoisotopic (exact) mass is 366 g/mol. The van der Waals surface area contributed by atoms with Crippen LogP contribution in [0, 0.1) is 0 Å². The summed E-state index contributed by atoms with van der Waals surface area (Å²) < 4.78 is 10.8.